The lowest BCUT2D eigenvalue weighted by Gasteiger charge is -2.29. The van der Waals surface area contributed by atoms with Gasteiger partial charge in [-0.25, -0.2) is 4.79 Å². The number of carboxylic acid groups (broad SMARTS) is 1. The lowest BCUT2D eigenvalue weighted by atomic mass is 10.0. The monoisotopic (exact) mass is 449 g/mol. The Bertz CT molecular complexity index is 802. The first-order valence-electron chi connectivity index (χ1n) is 10.5. The second kappa shape index (κ2) is 11.2. The van der Waals surface area contributed by atoms with Crippen molar-refractivity contribution in [1.29, 1.82) is 0 Å². The van der Waals surface area contributed by atoms with Gasteiger partial charge in [-0.1, -0.05) is 44.2 Å². The summed E-state index contributed by atoms with van der Waals surface area (Å²) in [5.41, 5.74) is 0.964. The number of benzene rings is 1. The molecule has 2 rings (SSSR count). The van der Waals surface area contributed by atoms with E-state index in [1.807, 2.05) is 30.3 Å². The smallest absolute Gasteiger partial charge is 0.326 e. The fourth-order valence-corrected chi connectivity index (χ4v) is 3.90. The van der Waals surface area contributed by atoms with Gasteiger partial charge in [0, 0.05) is 6.54 Å². The number of nitrogens with zero attached hydrogens (tertiary/aromatic N) is 1. The minimum atomic E-state index is -1.11. The third kappa shape index (κ3) is 6.72. The number of carbonyl (C=O) groups is 4. The van der Waals surface area contributed by atoms with Crippen LogP contribution >= 0.6 is 12.6 Å². The second-order valence-corrected chi connectivity index (χ2v) is 8.82. The van der Waals surface area contributed by atoms with Gasteiger partial charge in [-0.15, -0.1) is 0 Å². The third-order valence-corrected chi connectivity index (χ3v) is 5.79. The molecule has 3 amide bonds. The second-order valence-electron chi connectivity index (χ2n) is 8.19. The highest BCUT2D eigenvalue weighted by Gasteiger charge is 2.38. The van der Waals surface area contributed by atoms with E-state index in [2.05, 4.69) is 23.3 Å². The van der Waals surface area contributed by atoms with Crippen molar-refractivity contribution in [3.8, 4) is 0 Å². The summed E-state index contributed by atoms with van der Waals surface area (Å²) in [4.78, 5) is 50.9. The molecule has 3 N–H and O–H groups in total. The molecule has 1 aliphatic rings. The standard InChI is InChI=1S/C22H31N3O5S/c1-13(2)18(22(29)30)24-19(26)16-10-7-11-25(16)21(28)14(3)23-20(27)17(31)12-15-8-5-4-6-9-15/h4-6,8-9,13-14,16-18,31H,7,10-12H2,1-3H3,(H,23,27)(H,24,26)(H,29,30)/t14-,16-,17?,18-/m0/s1. The topological polar surface area (TPSA) is 116 Å². The molecule has 0 aliphatic carbocycles. The summed E-state index contributed by atoms with van der Waals surface area (Å²) in [6.07, 6.45) is 1.51. The number of likely N-dealkylation sites (tertiary alicyclic amines) is 1. The van der Waals surface area contributed by atoms with Gasteiger partial charge in [-0.05, 0) is 37.7 Å². The number of carbonyl (C=O) groups excluding carboxylic acids is 3. The molecule has 1 fully saturated rings. The number of hydrogen-bond donors (Lipinski definition) is 4. The number of carboxylic acids is 1. The van der Waals surface area contributed by atoms with Crippen molar-refractivity contribution < 1.29 is 24.3 Å². The highest BCUT2D eigenvalue weighted by atomic mass is 32.1. The predicted octanol–water partition coefficient (Wildman–Crippen LogP) is 1.25. The summed E-state index contributed by atoms with van der Waals surface area (Å²) in [5.74, 6) is -2.62. The Morgan fingerprint density at radius 2 is 1.77 bits per heavy atom. The molecule has 0 radical (unpaired) electrons. The summed E-state index contributed by atoms with van der Waals surface area (Å²) < 4.78 is 0. The van der Waals surface area contributed by atoms with Gasteiger partial charge in [0.25, 0.3) is 0 Å². The summed E-state index contributed by atoms with van der Waals surface area (Å²) in [7, 11) is 0. The van der Waals surface area contributed by atoms with Crippen LogP contribution in [0.1, 0.15) is 39.2 Å². The molecular weight excluding hydrogens is 418 g/mol. The normalized spacial score (nSPS) is 18.9. The van der Waals surface area contributed by atoms with Crippen molar-refractivity contribution in [1.82, 2.24) is 15.5 Å². The van der Waals surface area contributed by atoms with Crippen LogP contribution in [0.3, 0.4) is 0 Å². The summed E-state index contributed by atoms with van der Waals surface area (Å²) >= 11 is 4.36. The molecule has 9 heteroatoms. The maximum Gasteiger partial charge on any atom is 0.326 e. The van der Waals surface area contributed by atoms with Crippen LogP contribution in [0.5, 0.6) is 0 Å². The van der Waals surface area contributed by atoms with Gasteiger partial charge in [0.2, 0.25) is 17.7 Å². The zero-order valence-electron chi connectivity index (χ0n) is 18.1. The Balaban J connectivity index is 1.96. The van der Waals surface area contributed by atoms with Crippen LogP contribution in [0.15, 0.2) is 30.3 Å². The van der Waals surface area contributed by atoms with E-state index in [9.17, 15) is 24.3 Å². The molecule has 170 valence electrons. The SMILES string of the molecule is CC(C)[C@H](NC(=O)[C@@H]1CCCN1C(=O)[C@H](C)NC(=O)C(S)Cc1ccccc1)C(=O)O. The average molecular weight is 450 g/mol. The molecule has 1 aromatic carbocycles. The van der Waals surface area contributed by atoms with Gasteiger partial charge >= 0.3 is 5.97 Å². The number of rotatable bonds is 9. The van der Waals surface area contributed by atoms with Gasteiger partial charge in [0.05, 0.1) is 5.25 Å². The molecule has 1 aromatic rings. The van der Waals surface area contributed by atoms with Crippen LogP contribution in [0.25, 0.3) is 0 Å². The predicted molar refractivity (Wildman–Crippen MR) is 120 cm³/mol. The maximum atomic E-state index is 12.9. The summed E-state index contributed by atoms with van der Waals surface area (Å²) in [6, 6.07) is 6.86. The highest BCUT2D eigenvalue weighted by Crippen LogP contribution is 2.19. The van der Waals surface area contributed by atoms with Gasteiger partial charge in [-0.2, -0.15) is 12.6 Å². The minimum Gasteiger partial charge on any atom is -0.480 e. The molecule has 1 unspecified atom stereocenters. The van der Waals surface area contributed by atoms with Crippen molar-refractivity contribution in [3.63, 3.8) is 0 Å². The number of nitrogens with one attached hydrogen (secondary N) is 2. The van der Waals surface area contributed by atoms with Gasteiger partial charge < -0.3 is 20.6 Å². The molecule has 1 aliphatic heterocycles. The van der Waals surface area contributed by atoms with Gasteiger partial charge in [-0.3, -0.25) is 14.4 Å². The van der Waals surface area contributed by atoms with Crippen LogP contribution in [0, 0.1) is 5.92 Å². The molecule has 0 saturated carbocycles. The third-order valence-electron chi connectivity index (χ3n) is 5.37. The number of thiol groups is 1. The number of aliphatic carboxylic acids is 1. The van der Waals surface area contributed by atoms with Crippen LogP contribution in [0.2, 0.25) is 0 Å². The Hall–Kier alpha value is -2.55. The molecule has 4 atom stereocenters. The minimum absolute atomic E-state index is 0.290. The first-order valence-corrected chi connectivity index (χ1v) is 11.0. The molecule has 0 aromatic heterocycles. The summed E-state index contributed by atoms with van der Waals surface area (Å²) in [5, 5.41) is 13.9. The van der Waals surface area contributed by atoms with E-state index in [-0.39, 0.29) is 17.7 Å². The van der Waals surface area contributed by atoms with Crippen molar-refractivity contribution in [2.24, 2.45) is 5.92 Å². The zero-order chi connectivity index (χ0) is 23.1. The first-order chi connectivity index (χ1) is 14.6. The van der Waals surface area contributed by atoms with E-state index in [0.29, 0.717) is 25.8 Å². The van der Waals surface area contributed by atoms with Gasteiger partial charge in [0.15, 0.2) is 0 Å². The Labute approximate surface area is 188 Å². The zero-order valence-corrected chi connectivity index (χ0v) is 19.0. The van der Waals surface area contributed by atoms with Crippen LogP contribution < -0.4 is 10.6 Å². The average Bonchev–Trinajstić information content (AvgIpc) is 3.21. The fraction of sp³-hybridized carbons (Fsp3) is 0.545. The van der Waals surface area contributed by atoms with E-state index in [1.54, 1.807) is 20.8 Å². The van der Waals surface area contributed by atoms with E-state index in [4.69, 9.17) is 0 Å². The van der Waals surface area contributed by atoms with E-state index in [0.717, 1.165) is 5.56 Å². The quantitative estimate of drug-likeness (QED) is 0.424. The Kier molecular flexibility index (Phi) is 8.91. The van der Waals surface area contributed by atoms with Crippen LogP contribution in [0.4, 0.5) is 0 Å². The van der Waals surface area contributed by atoms with E-state index < -0.39 is 35.3 Å². The van der Waals surface area contributed by atoms with Crippen molar-refractivity contribution in [2.45, 2.75) is 63.4 Å². The first kappa shape index (κ1) is 24.7. The van der Waals surface area contributed by atoms with E-state index in [1.165, 1.54) is 4.90 Å². The maximum absolute atomic E-state index is 12.9. The van der Waals surface area contributed by atoms with E-state index >= 15 is 0 Å². The Morgan fingerprint density at radius 1 is 1.13 bits per heavy atom. The molecule has 8 nitrogen and oxygen atoms in total. The molecule has 31 heavy (non-hydrogen) atoms. The van der Waals surface area contributed by atoms with Crippen molar-refractivity contribution in [3.05, 3.63) is 35.9 Å². The molecule has 1 saturated heterocycles. The molecule has 0 bridgehead atoms. The van der Waals surface area contributed by atoms with Gasteiger partial charge in [0.1, 0.15) is 18.1 Å². The Morgan fingerprint density at radius 3 is 2.35 bits per heavy atom. The summed E-state index contributed by atoms with van der Waals surface area (Å²) in [6.45, 7) is 5.37. The highest BCUT2D eigenvalue weighted by molar-refractivity contribution is 7.81. The fourth-order valence-electron chi connectivity index (χ4n) is 3.62. The molecule has 0 spiro atoms. The number of amides is 3. The van der Waals surface area contributed by atoms with Crippen molar-refractivity contribution in [2.75, 3.05) is 6.54 Å². The number of hydrogen-bond acceptors (Lipinski definition) is 5. The van der Waals surface area contributed by atoms with Crippen LogP contribution in [-0.4, -0.2) is 63.6 Å². The van der Waals surface area contributed by atoms with Crippen molar-refractivity contribution >= 4 is 36.3 Å². The lowest BCUT2D eigenvalue weighted by molar-refractivity contribution is -0.145. The molecular formula is C22H31N3O5S. The van der Waals surface area contributed by atoms with Crippen LogP contribution in [-0.2, 0) is 25.6 Å². The lowest BCUT2D eigenvalue weighted by Crippen LogP contribution is -2.56. The largest absolute Gasteiger partial charge is 0.480 e. The molecule has 1 heterocycles.